The minimum Gasteiger partial charge on any atom is -0.326 e. The van der Waals surface area contributed by atoms with Crippen molar-refractivity contribution in [3.8, 4) is 0 Å². The molecule has 1 aromatic heterocycles. The Bertz CT molecular complexity index is 903. The van der Waals surface area contributed by atoms with Gasteiger partial charge in [0.25, 0.3) is 0 Å². The van der Waals surface area contributed by atoms with Crippen molar-refractivity contribution in [1.82, 2.24) is 4.98 Å². The van der Waals surface area contributed by atoms with E-state index >= 15 is 0 Å². The predicted molar refractivity (Wildman–Crippen MR) is 127 cm³/mol. The van der Waals surface area contributed by atoms with E-state index < -0.39 is 0 Å². The van der Waals surface area contributed by atoms with Crippen LogP contribution in [0.4, 0.5) is 5.69 Å². The van der Waals surface area contributed by atoms with Gasteiger partial charge in [-0.15, -0.1) is 11.3 Å². The average molecular weight is 427 g/mol. The van der Waals surface area contributed by atoms with Gasteiger partial charge in [0.1, 0.15) is 0 Å². The van der Waals surface area contributed by atoms with Crippen LogP contribution in [0.15, 0.2) is 46.8 Å². The molecule has 0 radical (unpaired) electrons. The number of benzene rings is 2. The maximum atomic E-state index is 12.6. The molecule has 3 aromatic rings. The number of anilines is 1. The molecule has 29 heavy (non-hydrogen) atoms. The van der Waals surface area contributed by atoms with Crippen LogP contribution in [-0.2, 0) is 4.79 Å². The van der Waals surface area contributed by atoms with E-state index in [1.54, 1.807) is 23.1 Å². The lowest BCUT2D eigenvalue weighted by atomic mass is 9.92. The fraction of sp³-hybridized carbons (Fsp3) is 0.417. The number of carbonyl (C=O) groups excluding carboxylic acids is 1. The van der Waals surface area contributed by atoms with Crippen LogP contribution in [0, 0.1) is 0 Å². The molecule has 3 rings (SSSR count). The number of aromatic nitrogens is 1. The first-order valence-corrected chi connectivity index (χ1v) is 12.2. The van der Waals surface area contributed by atoms with Gasteiger partial charge in [-0.1, -0.05) is 69.8 Å². The molecule has 0 bridgehead atoms. The van der Waals surface area contributed by atoms with Crippen molar-refractivity contribution in [1.29, 1.82) is 0 Å². The van der Waals surface area contributed by atoms with Gasteiger partial charge in [0, 0.05) is 17.9 Å². The third-order valence-electron chi connectivity index (χ3n) is 4.94. The summed E-state index contributed by atoms with van der Waals surface area (Å²) in [5, 5.41) is 3.21. The zero-order valence-electron chi connectivity index (χ0n) is 17.7. The first-order chi connectivity index (χ1) is 14.0. The van der Waals surface area contributed by atoms with Crippen molar-refractivity contribution in [2.75, 3.05) is 11.1 Å². The van der Waals surface area contributed by atoms with Gasteiger partial charge in [-0.3, -0.25) is 4.79 Å². The zero-order valence-corrected chi connectivity index (χ0v) is 19.3. The Morgan fingerprint density at radius 1 is 1.00 bits per heavy atom. The Morgan fingerprint density at radius 2 is 1.69 bits per heavy atom. The van der Waals surface area contributed by atoms with Crippen LogP contribution in [0.25, 0.3) is 10.2 Å². The number of para-hydroxylation sites is 2. The molecule has 0 fully saturated rings. The first kappa shape index (κ1) is 21.8. The summed E-state index contributed by atoms with van der Waals surface area (Å²) in [6, 6.07) is 14.6. The molecule has 0 aliphatic heterocycles. The summed E-state index contributed by atoms with van der Waals surface area (Å²) in [5.74, 6) is 1.88. The number of nitrogens with one attached hydrogen (secondary N) is 1. The second kappa shape index (κ2) is 10.3. The van der Waals surface area contributed by atoms with E-state index in [-0.39, 0.29) is 5.91 Å². The van der Waals surface area contributed by atoms with Crippen molar-refractivity contribution in [2.45, 2.75) is 63.1 Å². The number of rotatable bonds is 9. The molecule has 1 amide bonds. The SMILES string of the molecule is CC(C)c1cccc(C(C)C)c1NC(=O)CCCCSc1nc2ccccc2s1. The average Bonchev–Trinajstić information content (AvgIpc) is 3.10. The smallest absolute Gasteiger partial charge is 0.224 e. The molecular weight excluding hydrogens is 396 g/mol. The Morgan fingerprint density at radius 3 is 2.34 bits per heavy atom. The number of hydrogen-bond acceptors (Lipinski definition) is 4. The molecule has 154 valence electrons. The van der Waals surface area contributed by atoms with Gasteiger partial charge in [0.05, 0.1) is 10.2 Å². The van der Waals surface area contributed by atoms with E-state index in [1.807, 2.05) is 6.07 Å². The van der Waals surface area contributed by atoms with Crippen LogP contribution in [0.5, 0.6) is 0 Å². The van der Waals surface area contributed by atoms with Crippen LogP contribution < -0.4 is 5.32 Å². The standard InChI is InChI=1S/C24H30N2OS2/c1-16(2)18-10-9-11-19(17(3)4)23(18)26-22(27)14-7-8-15-28-24-25-20-12-5-6-13-21(20)29-24/h5-6,9-13,16-17H,7-8,14-15H2,1-4H3,(H,26,27). The number of amides is 1. The third kappa shape index (κ3) is 5.83. The van der Waals surface area contributed by atoms with Gasteiger partial charge >= 0.3 is 0 Å². The highest BCUT2D eigenvalue weighted by Crippen LogP contribution is 2.33. The van der Waals surface area contributed by atoms with E-state index in [0.717, 1.165) is 34.1 Å². The van der Waals surface area contributed by atoms with Gasteiger partial charge in [-0.25, -0.2) is 4.98 Å². The lowest BCUT2D eigenvalue weighted by Gasteiger charge is -2.20. The van der Waals surface area contributed by atoms with Crippen molar-refractivity contribution in [3.05, 3.63) is 53.6 Å². The number of hydrogen-bond donors (Lipinski definition) is 1. The maximum absolute atomic E-state index is 12.6. The molecule has 3 nitrogen and oxygen atoms in total. The van der Waals surface area contributed by atoms with E-state index in [4.69, 9.17) is 0 Å². The van der Waals surface area contributed by atoms with E-state index in [1.165, 1.54) is 15.8 Å². The van der Waals surface area contributed by atoms with Crippen molar-refractivity contribution in [2.24, 2.45) is 0 Å². The van der Waals surface area contributed by atoms with Gasteiger partial charge in [0.15, 0.2) is 4.34 Å². The van der Waals surface area contributed by atoms with E-state index in [0.29, 0.717) is 18.3 Å². The minimum absolute atomic E-state index is 0.116. The topological polar surface area (TPSA) is 42.0 Å². The normalized spacial score (nSPS) is 11.5. The number of carbonyl (C=O) groups is 1. The molecule has 0 saturated carbocycles. The summed E-state index contributed by atoms with van der Waals surface area (Å²) in [4.78, 5) is 17.2. The summed E-state index contributed by atoms with van der Waals surface area (Å²) < 4.78 is 2.35. The zero-order chi connectivity index (χ0) is 20.8. The van der Waals surface area contributed by atoms with Crippen molar-refractivity contribution in [3.63, 3.8) is 0 Å². The van der Waals surface area contributed by atoms with Crippen LogP contribution >= 0.6 is 23.1 Å². The highest BCUT2D eigenvalue weighted by atomic mass is 32.2. The lowest BCUT2D eigenvalue weighted by Crippen LogP contribution is -2.15. The molecule has 0 aliphatic carbocycles. The Balaban J connectivity index is 1.49. The number of thioether (sulfide) groups is 1. The largest absolute Gasteiger partial charge is 0.326 e. The summed E-state index contributed by atoms with van der Waals surface area (Å²) in [5.41, 5.74) is 4.53. The van der Waals surface area contributed by atoms with Gasteiger partial charge < -0.3 is 5.32 Å². The second-order valence-electron chi connectivity index (χ2n) is 7.92. The van der Waals surface area contributed by atoms with Gasteiger partial charge in [0.2, 0.25) is 5.91 Å². The van der Waals surface area contributed by atoms with E-state index in [9.17, 15) is 4.79 Å². The number of fused-ring (bicyclic) bond motifs is 1. The maximum Gasteiger partial charge on any atom is 0.224 e. The summed E-state index contributed by atoms with van der Waals surface area (Å²) >= 11 is 3.53. The van der Waals surface area contributed by atoms with Gasteiger partial charge in [-0.05, 0) is 47.9 Å². The number of unbranched alkanes of at least 4 members (excludes halogenated alkanes) is 1. The Kier molecular flexibility index (Phi) is 7.73. The molecule has 2 aromatic carbocycles. The predicted octanol–water partition coefficient (Wildman–Crippen LogP) is 7.44. The van der Waals surface area contributed by atoms with Crippen LogP contribution in [0.2, 0.25) is 0 Å². The molecule has 0 atom stereocenters. The first-order valence-electron chi connectivity index (χ1n) is 10.4. The Hall–Kier alpha value is -1.85. The number of nitrogens with zero attached hydrogens (tertiary/aromatic N) is 1. The Labute approximate surface area is 182 Å². The molecule has 1 N–H and O–H groups in total. The number of thiazole rings is 1. The highest BCUT2D eigenvalue weighted by Gasteiger charge is 2.15. The molecule has 0 aliphatic rings. The summed E-state index contributed by atoms with van der Waals surface area (Å²) in [6.07, 6.45) is 2.46. The molecular formula is C24H30N2OS2. The molecule has 5 heteroatoms. The molecule has 0 saturated heterocycles. The molecule has 1 heterocycles. The highest BCUT2D eigenvalue weighted by molar-refractivity contribution is 8.01. The van der Waals surface area contributed by atoms with Crippen LogP contribution in [0.3, 0.4) is 0 Å². The van der Waals surface area contributed by atoms with Crippen molar-refractivity contribution < 1.29 is 4.79 Å². The van der Waals surface area contributed by atoms with E-state index in [2.05, 4.69) is 74.4 Å². The fourth-order valence-corrected chi connectivity index (χ4v) is 5.50. The quantitative estimate of drug-likeness (QED) is 0.285. The minimum atomic E-state index is 0.116. The van der Waals surface area contributed by atoms with Crippen LogP contribution in [-0.4, -0.2) is 16.6 Å². The summed E-state index contributed by atoms with van der Waals surface area (Å²) in [7, 11) is 0. The fourth-order valence-electron chi connectivity index (χ4n) is 3.36. The second-order valence-corrected chi connectivity index (χ2v) is 10.3. The van der Waals surface area contributed by atoms with Crippen molar-refractivity contribution >= 4 is 44.9 Å². The monoisotopic (exact) mass is 426 g/mol. The molecule has 0 unspecified atom stereocenters. The van der Waals surface area contributed by atoms with Gasteiger partial charge in [-0.2, -0.15) is 0 Å². The molecule has 0 spiro atoms. The lowest BCUT2D eigenvalue weighted by molar-refractivity contribution is -0.116. The van der Waals surface area contributed by atoms with Crippen LogP contribution in [0.1, 0.15) is 69.9 Å². The summed E-state index contributed by atoms with van der Waals surface area (Å²) in [6.45, 7) is 8.70. The third-order valence-corrected chi connectivity index (χ3v) is 7.20.